The van der Waals surface area contributed by atoms with Crippen LogP contribution in [0, 0.1) is 20.2 Å². The fraction of sp³-hybridized carbons (Fsp3) is 0.167. The zero-order chi connectivity index (χ0) is 13.1. The Balaban J connectivity index is 2.37. The molecule has 0 bridgehead atoms. The molecule has 1 aliphatic carbocycles. The molecule has 18 heavy (non-hydrogen) atoms. The van der Waals surface area contributed by atoms with Gasteiger partial charge in [-0.1, -0.05) is 12.1 Å². The highest BCUT2D eigenvalue weighted by Crippen LogP contribution is 2.28. The monoisotopic (exact) mass is 246 g/mol. The third kappa shape index (κ3) is 2.42. The van der Waals surface area contributed by atoms with Gasteiger partial charge in [-0.2, -0.15) is 0 Å². The molecular formula is C12H10N2O4. The van der Waals surface area contributed by atoms with E-state index in [1.165, 1.54) is 18.2 Å². The van der Waals surface area contributed by atoms with Crippen LogP contribution in [0.25, 0.3) is 5.57 Å². The molecule has 6 heteroatoms. The molecular weight excluding hydrogens is 236 g/mol. The SMILES string of the molecule is O=[N+]([O-])C1=CCCC(c2cccc([N+](=O)[O-])c2)=C1. The molecule has 6 nitrogen and oxygen atoms in total. The maximum absolute atomic E-state index is 10.7. The van der Waals surface area contributed by atoms with Gasteiger partial charge < -0.3 is 0 Å². The summed E-state index contributed by atoms with van der Waals surface area (Å²) in [6.07, 6.45) is 4.26. The van der Waals surface area contributed by atoms with E-state index in [1.54, 1.807) is 18.2 Å². The Kier molecular flexibility index (Phi) is 3.18. The van der Waals surface area contributed by atoms with Crippen molar-refractivity contribution in [2.75, 3.05) is 0 Å². The molecule has 0 amide bonds. The number of nitro groups is 2. The van der Waals surface area contributed by atoms with Crippen molar-refractivity contribution in [1.82, 2.24) is 0 Å². The van der Waals surface area contributed by atoms with E-state index in [4.69, 9.17) is 0 Å². The number of hydrogen-bond donors (Lipinski definition) is 0. The number of nitro benzene ring substituents is 1. The summed E-state index contributed by atoms with van der Waals surface area (Å²) >= 11 is 0. The average Bonchev–Trinajstić information content (AvgIpc) is 2.39. The first kappa shape index (κ1) is 12.0. The van der Waals surface area contributed by atoms with Gasteiger partial charge in [-0.25, -0.2) is 0 Å². The number of rotatable bonds is 3. The van der Waals surface area contributed by atoms with E-state index >= 15 is 0 Å². The fourth-order valence-corrected chi connectivity index (χ4v) is 1.86. The Morgan fingerprint density at radius 2 is 1.89 bits per heavy atom. The lowest BCUT2D eigenvalue weighted by Crippen LogP contribution is -2.01. The second kappa shape index (κ2) is 4.79. The van der Waals surface area contributed by atoms with Gasteiger partial charge >= 0.3 is 0 Å². The average molecular weight is 246 g/mol. The normalized spacial score (nSPS) is 14.7. The van der Waals surface area contributed by atoms with Crippen molar-refractivity contribution < 1.29 is 9.85 Å². The quantitative estimate of drug-likeness (QED) is 0.606. The minimum absolute atomic E-state index is 0.00870. The maximum Gasteiger partial charge on any atom is 0.270 e. The standard InChI is InChI=1S/C12H10N2O4/c15-13(16)11-5-1-3-9(7-11)10-4-2-6-12(8-10)14(17)18/h1,3,5-8H,2,4H2. The predicted molar refractivity (Wildman–Crippen MR) is 65.4 cm³/mol. The van der Waals surface area contributed by atoms with Crippen LogP contribution in [0.5, 0.6) is 0 Å². The van der Waals surface area contributed by atoms with Gasteiger partial charge in [-0.3, -0.25) is 20.2 Å². The molecule has 0 unspecified atom stereocenters. The Labute approximate surface area is 103 Å². The van der Waals surface area contributed by atoms with Crippen molar-refractivity contribution in [3.63, 3.8) is 0 Å². The molecule has 1 aliphatic rings. The van der Waals surface area contributed by atoms with E-state index in [0.717, 1.165) is 5.57 Å². The van der Waals surface area contributed by atoms with Gasteiger partial charge in [0.1, 0.15) is 0 Å². The molecule has 0 saturated carbocycles. The van der Waals surface area contributed by atoms with E-state index in [9.17, 15) is 20.2 Å². The van der Waals surface area contributed by atoms with Gasteiger partial charge in [0.2, 0.25) is 0 Å². The topological polar surface area (TPSA) is 86.3 Å². The van der Waals surface area contributed by atoms with Crippen LogP contribution in [0.3, 0.4) is 0 Å². The summed E-state index contributed by atoms with van der Waals surface area (Å²) in [7, 11) is 0. The van der Waals surface area contributed by atoms with Crippen molar-refractivity contribution >= 4 is 11.3 Å². The third-order valence-corrected chi connectivity index (χ3v) is 2.73. The highest BCUT2D eigenvalue weighted by Gasteiger charge is 2.16. The highest BCUT2D eigenvalue weighted by atomic mass is 16.6. The van der Waals surface area contributed by atoms with Crippen LogP contribution >= 0.6 is 0 Å². The summed E-state index contributed by atoms with van der Waals surface area (Å²) in [6.45, 7) is 0. The Morgan fingerprint density at radius 3 is 2.56 bits per heavy atom. The van der Waals surface area contributed by atoms with E-state index in [0.29, 0.717) is 18.4 Å². The summed E-state index contributed by atoms with van der Waals surface area (Å²) in [6, 6.07) is 6.14. The van der Waals surface area contributed by atoms with Crippen molar-refractivity contribution in [3.05, 3.63) is 67.9 Å². The summed E-state index contributed by atoms with van der Waals surface area (Å²) in [5.74, 6) is 0. The number of allylic oxidation sites excluding steroid dienone is 3. The lowest BCUT2D eigenvalue weighted by molar-refractivity contribution is -0.419. The van der Waals surface area contributed by atoms with Gasteiger partial charge in [0.15, 0.2) is 0 Å². The van der Waals surface area contributed by atoms with Crippen LogP contribution in [-0.2, 0) is 0 Å². The molecule has 92 valence electrons. The number of nitrogens with zero attached hydrogens (tertiary/aromatic N) is 2. The molecule has 0 fully saturated rings. The van der Waals surface area contributed by atoms with Crippen molar-refractivity contribution in [2.24, 2.45) is 0 Å². The van der Waals surface area contributed by atoms with Gasteiger partial charge in [0, 0.05) is 18.2 Å². The van der Waals surface area contributed by atoms with Crippen molar-refractivity contribution in [2.45, 2.75) is 12.8 Å². The molecule has 0 aromatic heterocycles. The lowest BCUT2D eigenvalue weighted by Gasteiger charge is -2.09. The number of hydrogen-bond acceptors (Lipinski definition) is 4. The predicted octanol–water partition coefficient (Wildman–Crippen LogP) is 2.93. The van der Waals surface area contributed by atoms with Crippen LogP contribution in [0.1, 0.15) is 18.4 Å². The summed E-state index contributed by atoms with van der Waals surface area (Å²) < 4.78 is 0. The van der Waals surface area contributed by atoms with E-state index in [1.807, 2.05) is 0 Å². The second-order valence-corrected chi connectivity index (χ2v) is 3.90. The van der Waals surface area contributed by atoms with Gasteiger partial charge in [-0.05, 0) is 30.1 Å². The van der Waals surface area contributed by atoms with Crippen LogP contribution in [0.2, 0.25) is 0 Å². The maximum atomic E-state index is 10.7. The molecule has 0 heterocycles. The van der Waals surface area contributed by atoms with Crippen LogP contribution in [-0.4, -0.2) is 9.85 Å². The minimum atomic E-state index is -0.475. The Morgan fingerprint density at radius 1 is 1.11 bits per heavy atom. The van der Waals surface area contributed by atoms with Crippen LogP contribution < -0.4 is 0 Å². The van der Waals surface area contributed by atoms with Gasteiger partial charge in [-0.15, -0.1) is 0 Å². The largest absolute Gasteiger partial charge is 0.270 e. The minimum Gasteiger partial charge on any atom is -0.258 e. The number of benzene rings is 1. The molecule has 1 aromatic carbocycles. The van der Waals surface area contributed by atoms with Gasteiger partial charge in [0.25, 0.3) is 11.4 Å². The zero-order valence-electron chi connectivity index (χ0n) is 9.41. The van der Waals surface area contributed by atoms with Crippen molar-refractivity contribution in [1.29, 1.82) is 0 Å². The molecule has 1 aromatic rings. The lowest BCUT2D eigenvalue weighted by atomic mass is 9.96. The first-order valence-corrected chi connectivity index (χ1v) is 5.38. The summed E-state index contributed by atoms with van der Waals surface area (Å²) in [5, 5.41) is 21.4. The molecule has 0 saturated heterocycles. The fourth-order valence-electron chi connectivity index (χ4n) is 1.86. The molecule has 0 radical (unpaired) electrons. The third-order valence-electron chi connectivity index (χ3n) is 2.73. The molecule has 0 N–H and O–H groups in total. The zero-order valence-corrected chi connectivity index (χ0v) is 9.41. The Bertz CT molecular complexity index is 575. The van der Waals surface area contributed by atoms with Crippen molar-refractivity contribution in [3.8, 4) is 0 Å². The van der Waals surface area contributed by atoms with E-state index in [-0.39, 0.29) is 11.4 Å². The number of non-ortho nitro benzene ring substituents is 1. The first-order chi connectivity index (χ1) is 8.58. The molecule has 2 rings (SSSR count). The van der Waals surface area contributed by atoms with Gasteiger partial charge in [0.05, 0.1) is 9.85 Å². The summed E-state index contributed by atoms with van der Waals surface area (Å²) in [5.41, 5.74) is 1.46. The van der Waals surface area contributed by atoms with Crippen LogP contribution in [0.4, 0.5) is 5.69 Å². The first-order valence-electron chi connectivity index (χ1n) is 5.38. The molecule has 0 atom stereocenters. The highest BCUT2D eigenvalue weighted by molar-refractivity contribution is 5.70. The molecule has 0 aliphatic heterocycles. The second-order valence-electron chi connectivity index (χ2n) is 3.90. The molecule has 0 spiro atoms. The Hall–Kier alpha value is -2.50. The summed E-state index contributed by atoms with van der Waals surface area (Å²) in [4.78, 5) is 20.4. The van der Waals surface area contributed by atoms with E-state index < -0.39 is 9.85 Å². The van der Waals surface area contributed by atoms with E-state index in [2.05, 4.69) is 0 Å². The smallest absolute Gasteiger partial charge is 0.258 e. The van der Waals surface area contributed by atoms with Crippen LogP contribution in [0.15, 0.2) is 42.1 Å².